The molecule has 2 rings (SSSR count). The molecule has 1 heterocycles. The van der Waals surface area contributed by atoms with Crippen LogP contribution in [0.2, 0.25) is 0 Å². The second kappa shape index (κ2) is 4.83. The van der Waals surface area contributed by atoms with E-state index in [2.05, 4.69) is 0 Å². The van der Waals surface area contributed by atoms with E-state index in [1.165, 1.54) is 12.1 Å². The Morgan fingerprint density at radius 2 is 2.11 bits per heavy atom. The first-order chi connectivity index (χ1) is 8.78. The number of halogens is 1. The maximum Gasteiger partial charge on any atom is 0.410 e. The zero-order valence-electron chi connectivity index (χ0n) is 11.9. The minimum Gasteiger partial charge on any atom is -0.444 e. The van der Waals surface area contributed by atoms with Crippen LogP contribution in [0.5, 0.6) is 0 Å². The summed E-state index contributed by atoms with van der Waals surface area (Å²) >= 11 is 0. The molecule has 3 nitrogen and oxygen atoms in total. The molecule has 0 N–H and O–H groups in total. The Balaban J connectivity index is 2.21. The molecule has 1 aromatic rings. The van der Waals surface area contributed by atoms with Gasteiger partial charge in [0, 0.05) is 6.54 Å². The van der Waals surface area contributed by atoms with Gasteiger partial charge in [0.2, 0.25) is 0 Å². The highest BCUT2D eigenvalue weighted by Gasteiger charge is 2.31. The number of carbonyl (C=O) groups is 1. The number of carbonyl (C=O) groups excluding carboxylic acids is 1. The Bertz CT molecular complexity index is 493. The van der Waals surface area contributed by atoms with Crippen LogP contribution in [-0.2, 0) is 11.2 Å². The van der Waals surface area contributed by atoms with Gasteiger partial charge in [-0.1, -0.05) is 6.07 Å². The molecule has 0 aliphatic carbocycles. The van der Waals surface area contributed by atoms with Crippen LogP contribution >= 0.6 is 0 Å². The molecular formula is C15H20FNO2. The van der Waals surface area contributed by atoms with Gasteiger partial charge in [0.1, 0.15) is 11.4 Å². The molecule has 1 atom stereocenters. The highest BCUT2D eigenvalue weighted by molar-refractivity contribution is 5.69. The molecule has 104 valence electrons. The fourth-order valence-corrected chi connectivity index (χ4v) is 2.35. The van der Waals surface area contributed by atoms with Crippen LogP contribution < -0.4 is 0 Å². The van der Waals surface area contributed by atoms with Crippen molar-refractivity contribution in [3.05, 3.63) is 35.1 Å². The molecule has 1 unspecified atom stereocenters. The third kappa shape index (κ3) is 3.06. The molecule has 4 heteroatoms. The van der Waals surface area contributed by atoms with Crippen molar-refractivity contribution in [3.63, 3.8) is 0 Å². The zero-order chi connectivity index (χ0) is 14.2. The number of rotatable bonds is 0. The molecule has 0 saturated carbocycles. The van der Waals surface area contributed by atoms with E-state index >= 15 is 0 Å². The Kier molecular flexibility index (Phi) is 3.52. The van der Waals surface area contributed by atoms with Crippen LogP contribution in [0.15, 0.2) is 18.2 Å². The van der Waals surface area contributed by atoms with Crippen molar-refractivity contribution in [2.45, 2.75) is 45.8 Å². The first kappa shape index (κ1) is 13.8. The van der Waals surface area contributed by atoms with Gasteiger partial charge in [-0.15, -0.1) is 0 Å². The van der Waals surface area contributed by atoms with Gasteiger partial charge >= 0.3 is 6.09 Å². The molecule has 0 saturated heterocycles. The Hall–Kier alpha value is -1.58. The summed E-state index contributed by atoms with van der Waals surface area (Å²) in [6, 6.07) is 4.62. The average molecular weight is 265 g/mol. The Labute approximate surface area is 113 Å². The molecular weight excluding hydrogens is 245 g/mol. The normalized spacial score (nSPS) is 19.0. The number of nitrogens with zero attached hydrogens (tertiary/aromatic N) is 1. The third-order valence-electron chi connectivity index (χ3n) is 3.28. The molecule has 1 aromatic carbocycles. The minimum absolute atomic E-state index is 0.158. The van der Waals surface area contributed by atoms with Crippen molar-refractivity contribution in [2.75, 3.05) is 6.54 Å². The number of hydrogen-bond acceptors (Lipinski definition) is 2. The summed E-state index contributed by atoms with van der Waals surface area (Å²) in [5.41, 5.74) is 1.46. The fourth-order valence-electron chi connectivity index (χ4n) is 2.35. The molecule has 19 heavy (non-hydrogen) atoms. The standard InChI is InChI=1S/C15H20FNO2/c1-10-13-9-12(16)6-5-11(13)7-8-17(10)14(18)19-15(2,3)4/h5-6,9-10H,7-8H2,1-4H3. The van der Waals surface area contributed by atoms with Crippen LogP contribution in [0.1, 0.15) is 44.9 Å². The number of ether oxygens (including phenoxy) is 1. The maximum atomic E-state index is 13.3. The number of hydrogen-bond donors (Lipinski definition) is 0. The molecule has 0 radical (unpaired) electrons. The van der Waals surface area contributed by atoms with E-state index in [1.807, 2.05) is 27.7 Å². The van der Waals surface area contributed by atoms with Crippen molar-refractivity contribution < 1.29 is 13.9 Å². The minimum atomic E-state index is -0.515. The molecule has 0 fully saturated rings. The lowest BCUT2D eigenvalue weighted by molar-refractivity contribution is 0.0159. The summed E-state index contributed by atoms with van der Waals surface area (Å²) in [4.78, 5) is 13.8. The van der Waals surface area contributed by atoms with E-state index in [0.29, 0.717) is 6.54 Å². The van der Waals surface area contributed by atoms with Crippen molar-refractivity contribution in [1.29, 1.82) is 0 Å². The topological polar surface area (TPSA) is 29.5 Å². The van der Waals surface area contributed by atoms with E-state index in [4.69, 9.17) is 4.74 Å². The summed E-state index contributed by atoms with van der Waals surface area (Å²) in [7, 11) is 0. The fraction of sp³-hybridized carbons (Fsp3) is 0.533. The van der Waals surface area contributed by atoms with Crippen LogP contribution in [0.3, 0.4) is 0 Å². The number of amides is 1. The highest BCUT2D eigenvalue weighted by Crippen LogP contribution is 2.31. The number of benzene rings is 1. The van der Waals surface area contributed by atoms with Gasteiger partial charge in [-0.25, -0.2) is 9.18 Å². The summed E-state index contributed by atoms with van der Waals surface area (Å²) in [6.07, 6.45) is 0.397. The van der Waals surface area contributed by atoms with Crippen molar-refractivity contribution >= 4 is 6.09 Å². The SMILES string of the molecule is CC1c2cc(F)ccc2CCN1C(=O)OC(C)(C)C. The average Bonchev–Trinajstić information content (AvgIpc) is 2.28. The summed E-state index contributed by atoms with van der Waals surface area (Å²) in [5, 5.41) is 0. The molecule has 0 aromatic heterocycles. The smallest absolute Gasteiger partial charge is 0.410 e. The first-order valence-corrected chi connectivity index (χ1v) is 6.56. The van der Waals surface area contributed by atoms with Crippen molar-refractivity contribution in [3.8, 4) is 0 Å². The van der Waals surface area contributed by atoms with Gasteiger partial charge in [0.25, 0.3) is 0 Å². The van der Waals surface area contributed by atoms with E-state index in [1.54, 1.807) is 11.0 Å². The van der Waals surface area contributed by atoms with Crippen LogP contribution in [0.25, 0.3) is 0 Å². The lowest BCUT2D eigenvalue weighted by Gasteiger charge is -2.36. The van der Waals surface area contributed by atoms with E-state index in [-0.39, 0.29) is 18.0 Å². The zero-order valence-corrected chi connectivity index (χ0v) is 11.9. The third-order valence-corrected chi connectivity index (χ3v) is 3.28. The van der Waals surface area contributed by atoms with Crippen molar-refractivity contribution in [2.24, 2.45) is 0 Å². The molecule has 1 aliphatic heterocycles. The summed E-state index contributed by atoms with van der Waals surface area (Å²) < 4.78 is 18.7. The Morgan fingerprint density at radius 1 is 1.42 bits per heavy atom. The van der Waals surface area contributed by atoms with E-state index < -0.39 is 5.60 Å². The van der Waals surface area contributed by atoms with Gasteiger partial charge in [-0.05, 0) is 57.4 Å². The van der Waals surface area contributed by atoms with E-state index in [9.17, 15) is 9.18 Å². The quantitative estimate of drug-likeness (QED) is 0.716. The first-order valence-electron chi connectivity index (χ1n) is 6.56. The predicted octanol–water partition coefficient (Wildman–Crippen LogP) is 3.68. The summed E-state index contributed by atoms with van der Waals surface area (Å²) in [5.74, 6) is -0.267. The largest absolute Gasteiger partial charge is 0.444 e. The lowest BCUT2D eigenvalue weighted by Crippen LogP contribution is -2.42. The predicted molar refractivity (Wildman–Crippen MR) is 71.5 cm³/mol. The molecule has 0 spiro atoms. The van der Waals surface area contributed by atoms with E-state index in [0.717, 1.165) is 17.5 Å². The van der Waals surface area contributed by atoms with Gasteiger partial charge < -0.3 is 9.64 Å². The Morgan fingerprint density at radius 3 is 2.74 bits per heavy atom. The number of fused-ring (bicyclic) bond motifs is 1. The summed E-state index contributed by atoms with van der Waals surface area (Å²) in [6.45, 7) is 8.03. The molecule has 0 bridgehead atoms. The van der Waals surface area contributed by atoms with Gasteiger partial charge in [0.15, 0.2) is 0 Å². The molecule has 1 aliphatic rings. The van der Waals surface area contributed by atoms with Gasteiger partial charge in [-0.2, -0.15) is 0 Å². The van der Waals surface area contributed by atoms with Crippen LogP contribution in [0, 0.1) is 5.82 Å². The highest BCUT2D eigenvalue weighted by atomic mass is 19.1. The molecule has 1 amide bonds. The maximum absolute atomic E-state index is 13.3. The van der Waals surface area contributed by atoms with Gasteiger partial charge in [0.05, 0.1) is 6.04 Å². The van der Waals surface area contributed by atoms with Crippen LogP contribution in [-0.4, -0.2) is 23.1 Å². The van der Waals surface area contributed by atoms with Gasteiger partial charge in [-0.3, -0.25) is 0 Å². The lowest BCUT2D eigenvalue weighted by atomic mass is 9.94. The van der Waals surface area contributed by atoms with Crippen LogP contribution in [0.4, 0.5) is 9.18 Å². The van der Waals surface area contributed by atoms with Crippen molar-refractivity contribution in [1.82, 2.24) is 4.90 Å². The second-order valence-corrected chi connectivity index (χ2v) is 5.94. The second-order valence-electron chi connectivity index (χ2n) is 5.94. The monoisotopic (exact) mass is 265 g/mol.